The molecule has 0 N–H and O–H groups in total. The number of nitro groups is 1. The highest BCUT2D eigenvalue weighted by Crippen LogP contribution is 2.17. The van der Waals surface area contributed by atoms with Crippen LogP contribution in [0, 0.1) is 17.0 Å². The summed E-state index contributed by atoms with van der Waals surface area (Å²) in [4.78, 5) is 10.8. The van der Waals surface area contributed by atoms with E-state index in [9.17, 15) is 10.1 Å². The molecule has 0 heterocycles. The SMILES string of the molecule is Cc1ccc(SCC[N+](=O)[O-])cc1. The molecule has 0 aromatic heterocycles. The minimum atomic E-state index is -0.290. The highest BCUT2D eigenvalue weighted by atomic mass is 32.2. The number of thioether (sulfide) groups is 1. The molecule has 0 aliphatic heterocycles. The molecule has 0 amide bonds. The van der Waals surface area contributed by atoms with E-state index in [-0.39, 0.29) is 11.5 Å². The van der Waals surface area contributed by atoms with Crippen LogP contribution in [0.25, 0.3) is 0 Å². The number of benzene rings is 1. The van der Waals surface area contributed by atoms with E-state index in [1.807, 2.05) is 31.2 Å². The summed E-state index contributed by atoms with van der Waals surface area (Å²) in [6, 6.07) is 7.99. The maximum atomic E-state index is 10.0. The third-order valence-electron chi connectivity index (χ3n) is 1.56. The van der Waals surface area contributed by atoms with Crippen LogP contribution in [0.15, 0.2) is 29.2 Å². The molecule has 0 bridgehead atoms. The van der Waals surface area contributed by atoms with E-state index in [1.165, 1.54) is 17.3 Å². The summed E-state index contributed by atoms with van der Waals surface area (Å²) in [6.45, 7) is 2.05. The Labute approximate surface area is 81.3 Å². The van der Waals surface area contributed by atoms with Gasteiger partial charge in [0.05, 0.1) is 5.75 Å². The van der Waals surface area contributed by atoms with Gasteiger partial charge < -0.3 is 0 Å². The van der Waals surface area contributed by atoms with Crippen LogP contribution in [0.5, 0.6) is 0 Å². The van der Waals surface area contributed by atoms with Crippen molar-refractivity contribution in [2.45, 2.75) is 11.8 Å². The maximum absolute atomic E-state index is 10.0. The molecule has 0 fully saturated rings. The fraction of sp³-hybridized carbons (Fsp3) is 0.333. The van der Waals surface area contributed by atoms with Crippen LogP contribution in [-0.4, -0.2) is 17.2 Å². The Morgan fingerprint density at radius 1 is 1.38 bits per heavy atom. The smallest absolute Gasteiger partial charge is 0.213 e. The van der Waals surface area contributed by atoms with Crippen molar-refractivity contribution in [1.82, 2.24) is 0 Å². The zero-order chi connectivity index (χ0) is 9.68. The number of nitrogens with zero attached hydrogens (tertiary/aromatic N) is 1. The predicted molar refractivity (Wildman–Crippen MR) is 53.8 cm³/mol. The largest absolute Gasteiger partial charge is 0.265 e. The van der Waals surface area contributed by atoms with Gasteiger partial charge in [-0.25, -0.2) is 0 Å². The number of hydrogen-bond donors (Lipinski definition) is 0. The average Bonchev–Trinajstić information content (AvgIpc) is 2.08. The van der Waals surface area contributed by atoms with E-state index in [1.54, 1.807) is 0 Å². The van der Waals surface area contributed by atoms with Crippen LogP contribution in [-0.2, 0) is 0 Å². The van der Waals surface area contributed by atoms with Gasteiger partial charge in [-0.15, -0.1) is 11.8 Å². The van der Waals surface area contributed by atoms with Crippen molar-refractivity contribution < 1.29 is 4.92 Å². The Balaban J connectivity index is 2.37. The molecule has 0 saturated carbocycles. The second kappa shape index (κ2) is 4.87. The fourth-order valence-electron chi connectivity index (χ4n) is 0.873. The molecule has 0 spiro atoms. The second-order valence-corrected chi connectivity index (χ2v) is 3.89. The van der Waals surface area contributed by atoms with Crippen molar-refractivity contribution in [2.75, 3.05) is 12.3 Å². The van der Waals surface area contributed by atoms with Gasteiger partial charge in [0.15, 0.2) is 0 Å². The lowest BCUT2D eigenvalue weighted by molar-refractivity contribution is -0.474. The first-order chi connectivity index (χ1) is 6.18. The minimum Gasteiger partial charge on any atom is -0.265 e. The van der Waals surface area contributed by atoms with Crippen LogP contribution >= 0.6 is 11.8 Å². The molecule has 0 aliphatic rings. The third kappa shape index (κ3) is 3.94. The molecule has 1 aromatic carbocycles. The highest BCUT2D eigenvalue weighted by Gasteiger charge is 1.98. The molecule has 70 valence electrons. The molecule has 0 radical (unpaired) electrons. The third-order valence-corrected chi connectivity index (χ3v) is 2.56. The molecule has 0 unspecified atom stereocenters. The van der Waals surface area contributed by atoms with Crippen LogP contribution < -0.4 is 0 Å². The quantitative estimate of drug-likeness (QED) is 0.423. The summed E-state index contributed by atoms with van der Waals surface area (Å²) in [5.41, 5.74) is 1.21. The summed E-state index contributed by atoms with van der Waals surface area (Å²) in [7, 11) is 0. The van der Waals surface area contributed by atoms with Crippen LogP contribution in [0.1, 0.15) is 5.56 Å². The Hall–Kier alpha value is -1.03. The number of aryl methyl sites for hydroxylation is 1. The minimum absolute atomic E-state index is 0.0263. The van der Waals surface area contributed by atoms with Crippen LogP contribution in [0.4, 0.5) is 0 Å². The van der Waals surface area contributed by atoms with Gasteiger partial charge >= 0.3 is 0 Å². The summed E-state index contributed by atoms with van der Waals surface area (Å²) < 4.78 is 0. The summed E-state index contributed by atoms with van der Waals surface area (Å²) >= 11 is 1.52. The monoisotopic (exact) mass is 197 g/mol. The topological polar surface area (TPSA) is 43.1 Å². The van der Waals surface area contributed by atoms with E-state index in [4.69, 9.17) is 0 Å². The number of rotatable bonds is 4. The second-order valence-electron chi connectivity index (χ2n) is 2.72. The van der Waals surface area contributed by atoms with Gasteiger partial charge in [0, 0.05) is 9.82 Å². The van der Waals surface area contributed by atoms with Crippen molar-refractivity contribution in [2.24, 2.45) is 0 Å². The van der Waals surface area contributed by atoms with Gasteiger partial charge in [0.2, 0.25) is 6.54 Å². The van der Waals surface area contributed by atoms with E-state index in [0.29, 0.717) is 5.75 Å². The summed E-state index contributed by atoms with van der Waals surface area (Å²) in [6.07, 6.45) is 0. The first-order valence-corrected chi connectivity index (χ1v) is 4.98. The Bertz CT molecular complexity index is 284. The Morgan fingerprint density at radius 3 is 2.54 bits per heavy atom. The zero-order valence-electron chi connectivity index (χ0n) is 7.40. The van der Waals surface area contributed by atoms with E-state index in [2.05, 4.69) is 0 Å². The van der Waals surface area contributed by atoms with E-state index < -0.39 is 0 Å². The highest BCUT2D eigenvalue weighted by molar-refractivity contribution is 7.99. The molecule has 3 nitrogen and oxygen atoms in total. The lowest BCUT2D eigenvalue weighted by Gasteiger charge is -1.98. The first kappa shape index (κ1) is 10.1. The molecule has 0 atom stereocenters. The molecule has 1 aromatic rings. The Morgan fingerprint density at radius 2 is 2.00 bits per heavy atom. The number of hydrogen-bond acceptors (Lipinski definition) is 3. The van der Waals surface area contributed by atoms with Gasteiger partial charge in [-0.2, -0.15) is 0 Å². The molecule has 0 aliphatic carbocycles. The Kier molecular flexibility index (Phi) is 3.76. The first-order valence-electron chi connectivity index (χ1n) is 4.00. The predicted octanol–water partition coefficient (Wildman–Crippen LogP) is 2.36. The standard InChI is InChI=1S/C9H11NO2S/c1-8-2-4-9(5-3-8)13-7-6-10(11)12/h2-5H,6-7H2,1H3. The van der Waals surface area contributed by atoms with Gasteiger partial charge in [0.1, 0.15) is 0 Å². The summed E-state index contributed by atoms with van der Waals surface area (Å²) in [5.74, 6) is 0.538. The summed E-state index contributed by atoms with van der Waals surface area (Å²) in [5, 5.41) is 10.0. The average molecular weight is 197 g/mol. The molecule has 4 heteroatoms. The molecular weight excluding hydrogens is 186 g/mol. The van der Waals surface area contributed by atoms with Gasteiger partial charge in [-0.05, 0) is 19.1 Å². The van der Waals surface area contributed by atoms with E-state index in [0.717, 1.165) is 4.90 Å². The van der Waals surface area contributed by atoms with Crippen molar-refractivity contribution in [3.63, 3.8) is 0 Å². The maximum Gasteiger partial charge on any atom is 0.213 e. The van der Waals surface area contributed by atoms with E-state index >= 15 is 0 Å². The van der Waals surface area contributed by atoms with Crippen LogP contribution in [0.2, 0.25) is 0 Å². The molecule has 1 rings (SSSR count). The van der Waals surface area contributed by atoms with Crippen LogP contribution in [0.3, 0.4) is 0 Å². The van der Waals surface area contributed by atoms with Crippen molar-refractivity contribution in [1.29, 1.82) is 0 Å². The fourth-order valence-corrected chi connectivity index (χ4v) is 1.68. The molecule has 0 saturated heterocycles. The normalized spacial score (nSPS) is 9.92. The lowest BCUT2D eigenvalue weighted by Crippen LogP contribution is -2.02. The van der Waals surface area contributed by atoms with Gasteiger partial charge in [-0.1, -0.05) is 17.7 Å². The van der Waals surface area contributed by atoms with Crippen molar-refractivity contribution in [3.8, 4) is 0 Å². The van der Waals surface area contributed by atoms with Crippen molar-refractivity contribution >= 4 is 11.8 Å². The van der Waals surface area contributed by atoms with Gasteiger partial charge in [-0.3, -0.25) is 10.1 Å². The lowest BCUT2D eigenvalue weighted by atomic mass is 10.2. The zero-order valence-corrected chi connectivity index (χ0v) is 8.21. The van der Waals surface area contributed by atoms with Crippen molar-refractivity contribution in [3.05, 3.63) is 39.9 Å². The van der Waals surface area contributed by atoms with Gasteiger partial charge in [0.25, 0.3) is 0 Å². The molecule has 13 heavy (non-hydrogen) atoms. The molecular formula is C9H11NO2S.